The smallest absolute Gasteiger partial charge is 0.261 e. The van der Waals surface area contributed by atoms with Gasteiger partial charge in [0.05, 0.1) is 5.56 Å². The quantitative estimate of drug-likeness (QED) is 0.169. The molecule has 2 amide bonds. The second-order valence-corrected chi connectivity index (χ2v) is 9.87. The number of phenols is 1. The van der Waals surface area contributed by atoms with Crippen LogP contribution in [-0.2, 0) is 4.79 Å². The Bertz CT molecular complexity index is 938. The molecule has 0 unspecified atom stereocenters. The molecule has 0 bridgehead atoms. The van der Waals surface area contributed by atoms with Crippen LogP contribution >= 0.6 is 15.9 Å². The molecule has 2 aromatic rings. The largest absolute Gasteiger partial charge is 0.506 e. The summed E-state index contributed by atoms with van der Waals surface area (Å²) in [6, 6.07) is 8.83. The van der Waals surface area contributed by atoms with Crippen molar-refractivity contribution in [2.75, 3.05) is 0 Å². The number of nitrogens with one attached hydrogen (secondary N) is 1. The SMILES string of the molecule is CCCCCCCCC=CCCCCCCCC(=O)NC(=O)c1cc(Br)c2ccccc2c1O. The summed E-state index contributed by atoms with van der Waals surface area (Å²) >= 11 is 3.44. The molecule has 0 spiro atoms. The summed E-state index contributed by atoms with van der Waals surface area (Å²) < 4.78 is 0.704. The Labute approximate surface area is 213 Å². The lowest BCUT2D eigenvalue weighted by atomic mass is 10.0. The predicted octanol–water partition coefficient (Wildman–Crippen LogP) is 8.60. The summed E-state index contributed by atoms with van der Waals surface area (Å²) in [4.78, 5) is 24.7. The molecule has 0 atom stereocenters. The molecule has 186 valence electrons. The van der Waals surface area contributed by atoms with E-state index in [-0.39, 0.29) is 17.2 Å². The zero-order valence-electron chi connectivity index (χ0n) is 20.6. The first-order chi connectivity index (χ1) is 16.5. The third-order valence-electron chi connectivity index (χ3n) is 6.13. The molecule has 0 saturated heterocycles. The highest BCUT2D eigenvalue weighted by Crippen LogP contribution is 2.34. The highest BCUT2D eigenvalue weighted by Gasteiger charge is 2.18. The zero-order chi connectivity index (χ0) is 24.6. The maximum atomic E-state index is 12.5. The number of amides is 2. The van der Waals surface area contributed by atoms with Crippen LogP contribution in [0.1, 0.15) is 107 Å². The minimum atomic E-state index is -0.568. The number of unbranched alkanes of at least 4 members (excludes halogenated alkanes) is 11. The first kappa shape index (κ1) is 28.1. The highest BCUT2D eigenvalue weighted by molar-refractivity contribution is 9.10. The summed E-state index contributed by atoms with van der Waals surface area (Å²) in [5.74, 6) is -0.974. The molecule has 5 heteroatoms. The average molecular weight is 531 g/mol. The van der Waals surface area contributed by atoms with Crippen molar-refractivity contribution in [3.8, 4) is 5.75 Å². The van der Waals surface area contributed by atoms with Gasteiger partial charge in [0.15, 0.2) is 0 Å². The third-order valence-corrected chi connectivity index (χ3v) is 6.78. The van der Waals surface area contributed by atoms with Gasteiger partial charge in [-0.3, -0.25) is 14.9 Å². The van der Waals surface area contributed by atoms with Crippen molar-refractivity contribution >= 4 is 38.5 Å². The minimum Gasteiger partial charge on any atom is -0.506 e. The second-order valence-electron chi connectivity index (χ2n) is 9.01. The monoisotopic (exact) mass is 529 g/mol. The number of hydrogen-bond acceptors (Lipinski definition) is 3. The number of aromatic hydroxyl groups is 1. The maximum absolute atomic E-state index is 12.5. The molecular weight excluding hydrogens is 490 g/mol. The summed E-state index contributed by atoms with van der Waals surface area (Å²) in [7, 11) is 0. The van der Waals surface area contributed by atoms with E-state index >= 15 is 0 Å². The van der Waals surface area contributed by atoms with Crippen molar-refractivity contribution in [1.29, 1.82) is 0 Å². The van der Waals surface area contributed by atoms with Crippen LogP contribution in [0.3, 0.4) is 0 Å². The van der Waals surface area contributed by atoms with Crippen LogP contribution in [0.5, 0.6) is 5.75 Å². The van der Waals surface area contributed by atoms with E-state index in [1.165, 1.54) is 57.8 Å². The van der Waals surface area contributed by atoms with Gasteiger partial charge >= 0.3 is 0 Å². The van der Waals surface area contributed by atoms with E-state index in [1.54, 1.807) is 18.2 Å². The normalized spacial score (nSPS) is 11.4. The number of carbonyl (C=O) groups excluding carboxylic acids is 2. The van der Waals surface area contributed by atoms with Crippen molar-refractivity contribution < 1.29 is 14.7 Å². The van der Waals surface area contributed by atoms with Crippen LogP contribution < -0.4 is 5.32 Å². The third kappa shape index (κ3) is 10.0. The van der Waals surface area contributed by atoms with Crippen molar-refractivity contribution in [2.24, 2.45) is 0 Å². The van der Waals surface area contributed by atoms with Gasteiger partial charge in [-0.05, 0) is 43.6 Å². The van der Waals surface area contributed by atoms with Gasteiger partial charge < -0.3 is 5.11 Å². The number of phenolic OH excluding ortho intramolecular Hbond substituents is 1. The summed E-state index contributed by atoms with van der Waals surface area (Å²) in [5.41, 5.74) is 0.100. The number of hydrogen-bond donors (Lipinski definition) is 2. The fourth-order valence-corrected chi connectivity index (χ4v) is 4.68. The standard InChI is InChI=1S/C29H40BrNO3/c1-2-3-4-5-6-7-8-9-10-11-12-13-14-15-16-21-27(32)31-29(34)25-22-26(30)23-19-17-18-20-24(23)28(25)33/h9-10,17-20,22,33H,2-8,11-16,21H2,1H3,(H,31,32,34). The Balaban J connectivity index is 1.55. The molecule has 2 rings (SSSR count). The summed E-state index contributed by atoms with van der Waals surface area (Å²) in [5, 5.41) is 14.3. The maximum Gasteiger partial charge on any atom is 0.261 e. The summed E-state index contributed by atoms with van der Waals surface area (Å²) in [6.07, 6.45) is 20.6. The van der Waals surface area contributed by atoms with Crippen molar-refractivity contribution in [3.63, 3.8) is 0 Å². The van der Waals surface area contributed by atoms with Crippen LogP contribution in [0.2, 0.25) is 0 Å². The zero-order valence-corrected chi connectivity index (χ0v) is 22.2. The lowest BCUT2D eigenvalue weighted by molar-refractivity contribution is -0.120. The second kappa shape index (κ2) is 16.5. The van der Waals surface area contributed by atoms with Gasteiger partial charge in [-0.1, -0.05) is 111 Å². The first-order valence-electron chi connectivity index (χ1n) is 12.9. The number of allylic oxidation sites excluding steroid dienone is 2. The van der Waals surface area contributed by atoms with E-state index in [2.05, 4.69) is 40.3 Å². The Kier molecular flexibility index (Phi) is 13.6. The minimum absolute atomic E-state index is 0.100. The molecule has 34 heavy (non-hydrogen) atoms. The van der Waals surface area contributed by atoms with Gasteiger partial charge in [-0.15, -0.1) is 0 Å². The highest BCUT2D eigenvalue weighted by atomic mass is 79.9. The molecule has 0 aliphatic rings. The Morgan fingerprint density at radius 1 is 0.853 bits per heavy atom. The Morgan fingerprint density at radius 3 is 2.06 bits per heavy atom. The number of imide groups is 1. The lowest BCUT2D eigenvalue weighted by Crippen LogP contribution is -2.30. The van der Waals surface area contributed by atoms with Crippen LogP contribution in [0.15, 0.2) is 47.0 Å². The predicted molar refractivity (Wildman–Crippen MR) is 145 cm³/mol. The molecule has 0 saturated carbocycles. The molecule has 4 nitrogen and oxygen atoms in total. The van der Waals surface area contributed by atoms with Crippen molar-refractivity contribution in [2.45, 2.75) is 96.8 Å². The Morgan fingerprint density at radius 2 is 1.41 bits per heavy atom. The van der Waals surface area contributed by atoms with Crippen LogP contribution in [0.4, 0.5) is 0 Å². The van der Waals surface area contributed by atoms with Gasteiger partial charge in [0.2, 0.25) is 5.91 Å². The Hall–Kier alpha value is -2.14. The van der Waals surface area contributed by atoms with Gasteiger partial charge in [-0.2, -0.15) is 0 Å². The number of rotatable bonds is 16. The van der Waals surface area contributed by atoms with E-state index in [4.69, 9.17) is 0 Å². The van der Waals surface area contributed by atoms with Gasteiger partial charge in [0.1, 0.15) is 5.75 Å². The molecule has 0 aliphatic carbocycles. The van der Waals surface area contributed by atoms with Gasteiger partial charge in [0.25, 0.3) is 5.91 Å². The molecule has 2 aromatic carbocycles. The topological polar surface area (TPSA) is 66.4 Å². The average Bonchev–Trinajstić information content (AvgIpc) is 2.83. The number of carbonyl (C=O) groups is 2. The van der Waals surface area contributed by atoms with E-state index in [1.807, 2.05) is 12.1 Å². The fourth-order valence-electron chi connectivity index (χ4n) is 4.10. The van der Waals surface area contributed by atoms with E-state index in [0.717, 1.165) is 31.1 Å². The number of benzene rings is 2. The van der Waals surface area contributed by atoms with Gasteiger partial charge in [0, 0.05) is 16.3 Å². The molecule has 0 aliphatic heterocycles. The van der Waals surface area contributed by atoms with Crippen LogP contribution in [-0.4, -0.2) is 16.9 Å². The molecule has 0 radical (unpaired) electrons. The van der Waals surface area contributed by atoms with Gasteiger partial charge in [-0.25, -0.2) is 0 Å². The molecule has 0 aromatic heterocycles. The molecule has 0 fully saturated rings. The molecular formula is C29H40BrNO3. The fraction of sp³-hybridized carbons (Fsp3) is 0.517. The lowest BCUT2D eigenvalue weighted by Gasteiger charge is -2.10. The van der Waals surface area contributed by atoms with Crippen LogP contribution in [0, 0.1) is 0 Å². The molecule has 2 N–H and O–H groups in total. The van der Waals surface area contributed by atoms with E-state index in [9.17, 15) is 14.7 Å². The molecule has 0 heterocycles. The number of fused-ring (bicyclic) bond motifs is 1. The van der Waals surface area contributed by atoms with Crippen molar-refractivity contribution in [1.82, 2.24) is 5.32 Å². The van der Waals surface area contributed by atoms with Crippen molar-refractivity contribution in [3.05, 3.63) is 52.5 Å². The number of halogens is 1. The van der Waals surface area contributed by atoms with Crippen LogP contribution in [0.25, 0.3) is 10.8 Å². The first-order valence-corrected chi connectivity index (χ1v) is 13.7. The van der Waals surface area contributed by atoms with E-state index in [0.29, 0.717) is 16.3 Å². The summed E-state index contributed by atoms with van der Waals surface area (Å²) in [6.45, 7) is 2.25. The van der Waals surface area contributed by atoms with E-state index < -0.39 is 5.91 Å².